The summed E-state index contributed by atoms with van der Waals surface area (Å²) in [6.07, 6.45) is 4.70. The van der Waals surface area contributed by atoms with Crippen LogP contribution in [0.2, 0.25) is 0 Å². The lowest BCUT2D eigenvalue weighted by Crippen LogP contribution is -2.40. The van der Waals surface area contributed by atoms with Gasteiger partial charge in [0.25, 0.3) is 0 Å². The Kier molecular flexibility index (Phi) is 5.43. The minimum absolute atomic E-state index is 0.320. The van der Waals surface area contributed by atoms with E-state index in [4.69, 9.17) is 9.72 Å². The van der Waals surface area contributed by atoms with Crippen LogP contribution >= 0.6 is 0 Å². The summed E-state index contributed by atoms with van der Waals surface area (Å²) in [4.78, 5) is 7.18. The van der Waals surface area contributed by atoms with Crippen molar-refractivity contribution in [3.05, 3.63) is 11.9 Å². The van der Waals surface area contributed by atoms with Crippen molar-refractivity contribution >= 4 is 5.95 Å². The van der Waals surface area contributed by atoms with Gasteiger partial charge >= 0.3 is 0 Å². The van der Waals surface area contributed by atoms with E-state index in [1.54, 1.807) is 7.11 Å². The third-order valence-electron chi connectivity index (χ3n) is 4.01. The zero-order valence-corrected chi connectivity index (χ0v) is 13.2. The average Bonchev–Trinajstić information content (AvgIpc) is 2.82. The first-order valence-corrected chi connectivity index (χ1v) is 7.59. The number of imidazole rings is 1. The fourth-order valence-corrected chi connectivity index (χ4v) is 3.09. The van der Waals surface area contributed by atoms with Crippen LogP contribution < -0.4 is 10.2 Å². The normalized spacial score (nSPS) is 21.2. The second-order valence-electron chi connectivity index (χ2n) is 5.91. The largest absolute Gasteiger partial charge is 0.383 e. The van der Waals surface area contributed by atoms with Crippen LogP contribution in [0.1, 0.15) is 31.5 Å². The molecule has 1 N–H and O–H groups in total. The van der Waals surface area contributed by atoms with Crippen LogP contribution in [0.25, 0.3) is 0 Å². The maximum absolute atomic E-state index is 5.29. The Hall–Kier alpha value is -1.07. The highest BCUT2D eigenvalue weighted by Gasteiger charge is 2.24. The molecular formula is C15H28N4O. The van der Waals surface area contributed by atoms with Gasteiger partial charge in [-0.15, -0.1) is 0 Å². The predicted octanol–water partition coefficient (Wildman–Crippen LogP) is 1.83. The number of methoxy groups -OCH3 is 1. The number of nitrogens with zero attached hydrogens (tertiary/aromatic N) is 3. The third kappa shape index (κ3) is 3.52. The van der Waals surface area contributed by atoms with Crippen LogP contribution in [0.5, 0.6) is 0 Å². The van der Waals surface area contributed by atoms with Gasteiger partial charge in [-0.25, -0.2) is 4.98 Å². The summed E-state index contributed by atoms with van der Waals surface area (Å²) >= 11 is 0. The number of nitrogens with one attached hydrogen (secondary N) is 1. The Morgan fingerprint density at radius 3 is 3.05 bits per heavy atom. The van der Waals surface area contributed by atoms with Gasteiger partial charge in [0.1, 0.15) is 0 Å². The van der Waals surface area contributed by atoms with Crippen molar-refractivity contribution in [3.8, 4) is 0 Å². The topological polar surface area (TPSA) is 42.3 Å². The van der Waals surface area contributed by atoms with E-state index in [1.807, 2.05) is 7.05 Å². The quantitative estimate of drug-likeness (QED) is 0.863. The van der Waals surface area contributed by atoms with Gasteiger partial charge < -0.3 is 19.5 Å². The van der Waals surface area contributed by atoms with Gasteiger partial charge in [0, 0.05) is 26.4 Å². The molecule has 0 bridgehead atoms. The molecule has 0 spiro atoms. The zero-order chi connectivity index (χ0) is 14.5. The molecule has 1 aromatic heterocycles. The van der Waals surface area contributed by atoms with Gasteiger partial charge in [0.05, 0.1) is 18.3 Å². The number of hydrogen-bond donors (Lipinski definition) is 1. The van der Waals surface area contributed by atoms with Gasteiger partial charge in [-0.3, -0.25) is 0 Å². The fourth-order valence-electron chi connectivity index (χ4n) is 3.09. The molecule has 0 aliphatic carbocycles. The lowest BCUT2D eigenvalue weighted by Gasteiger charge is -2.34. The van der Waals surface area contributed by atoms with Gasteiger partial charge in [0.2, 0.25) is 5.95 Å². The van der Waals surface area contributed by atoms with E-state index in [-0.39, 0.29) is 0 Å². The molecule has 2 atom stereocenters. The molecule has 5 nitrogen and oxygen atoms in total. The van der Waals surface area contributed by atoms with E-state index in [0.29, 0.717) is 6.04 Å². The smallest absolute Gasteiger partial charge is 0.206 e. The number of ether oxygens (including phenoxy) is 1. The lowest BCUT2D eigenvalue weighted by molar-refractivity contribution is 0.162. The van der Waals surface area contributed by atoms with Crippen molar-refractivity contribution in [1.29, 1.82) is 0 Å². The van der Waals surface area contributed by atoms with Crippen LogP contribution in [-0.2, 0) is 4.74 Å². The molecule has 20 heavy (non-hydrogen) atoms. The molecule has 1 aliphatic rings. The predicted molar refractivity (Wildman–Crippen MR) is 82.4 cm³/mol. The first-order chi connectivity index (χ1) is 9.65. The van der Waals surface area contributed by atoms with Gasteiger partial charge in [0.15, 0.2) is 0 Å². The molecule has 0 radical (unpaired) electrons. The first-order valence-electron chi connectivity index (χ1n) is 7.59. The maximum atomic E-state index is 5.29. The van der Waals surface area contributed by atoms with E-state index in [9.17, 15) is 0 Å². The third-order valence-corrected chi connectivity index (χ3v) is 4.01. The van der Waals surface area contributed by atoms with Crippen LogP contribution in [0.3, 0.4) is 0 Å². The number of rotatable bonds is 6. The van der Waals surface area contributed by atoms with Crippen molar-refractivity contribution in [3.63, 3.8) is 0 Å². The monoisotopic (exact) mass is 280 g/mol. The van der Waals surface area contributed by atoms with Crippen molar-refractivity contribution in [1.82, 2.24) is 14.9 Å². The minimum atomic E-state index is 0.320. The maximum Gasteiger partial charge on any atom is 0.206 e. The van der Waals surface area contributed by atoms with Gasteiger partial charge in [-0.2, -0.15) is 0 Å². The molecule has 5 heteroatoms. The zero-order valence-electron chi connectivity index (χ0n) is 13.2. The molecule has 1 saturated heterocycles. The SMILES string of the molecule is CNCC1CCCN(c2nc(C)cn2C(C)COC)C1. The van der Waals surface area contributed by atoms with E-state index in [0.717, 1.165) is 43.8 Å². The highest BCUT2D eigenvalue weighted by Crippen LogP contribution is 2.25. The average molecular weight is 280 g/mol. The second kappa shape index (κ2) is 7.09. The standard InChI is InChI=1S/C15H28N4O/c1-12-9-19(13(2)11-20-4)15(17-12)18-7-5-6-14(10-18)8-16-3/h9,13-14,16H,5-8,10-11H2,1-4H3. The Morgan fingerprint density at radius 2 is 2.35 bits per heavy atom. The summed E-state index contributed by atoms with van der Waals surface area (Å²) < 4.78 is 7.56. The number of hydrogen-bond acceptors (Lipinski definition) is 4. The molecule has 0 saturated carbocycles. The molecular weight excluding hydrogens is 252 g/mol. The number of aromatic nitrogens is 2. The Balaban J connectivity index is 2.14. The fraction of sp³-hybridized carbons (Fsp3) is 0.800. The van der Waals surface area contributed by atoms with Crippen LogP contribution in [0.15, 0.2) is 6.20 Å². The first kappa shape index (κ1) is 15.3. The second-order valence-corrected chi connectivity index (χ2v) is 5.91. The van der Waals surface area contributed by atoms with Crippen molar-refractivity contribution in [2.75, 3.05) is 45.3 Å². The molecule has 0 aromatic carbocycles. The summed E-state index contributed by atoms with van der Waals surface area (Å²) in [6.45, 7) is 8.26. The number of anilines is 1. The number of aryl methyl sites for hydroxylation is 1. The molecule has 0 amide bonds. The van der Waals surface area contributed by atoms with E-state index < -0.39 is 0 Å². The highest BCUT2D eigenvalue weighted by atomic mass is 16.5. The van der Waals surface area contributed by atoms with Crippen LogP contribution in [-0.4, -0.2) is 49.9 Å². The minimum Gasteiger partial charge on any atom is -0.383 e. The van der Waals surface area contributed by atoms with Gasteiger partial charge in [-0.1, -0.05) is 0 Å². The molecule has 2 unspecified atom stereocenters. The molecule has 1 aliphatic heterocycles. The molecule has 2 rings (SSSR count). The van der Waals surface area contributed by atoms with Crippen molar-refractivity contribution in [2.24, 2.45) is 5.92 Å². The van der Waals surface area contributed by atoms with Crippen LogP contribution in [0, 0.1) is 12.8 Å². The van der Waals surface area contributed by atoms with E-state index >= 15 is 0 Å². The number of piperidine rings is 1. The highest BCUT2D eigenvalue weighted by molar-refractivity contribution is 5.35. The van der Waals surface area contributed by atoms with E-state index in [1.165, 1.54) is 12.8 Å². The molecule has 1 fully saturated rings. The lowest BCUT2D eigenvalue weighted by atomic mass is 9.98. The summed E-state index contributed by atoms with van der Waals surface area (Å²) in [6, 6.07) is 0.320. The summed E-state index contributed by atoms with van der Waals surface area (Å²) in [5.41, 5.74) is 1.08. The van der Waals surface area contributed by atoms with Crippen molar-refractivity contribution < 1.29 is 4.74 Å². The molecule has 114 valence electrons. The Morgan fingerprint density at radius 1 is 1.55 bits per heavy atom. The Labute approximate surface area is 122 Å². The van der Waals surface area contributed by atoms with E-state index in [2.05, 4.69) is 34.8 Å². The van der Waals surface area contributed by atoms with Crippen LogP contribution in [0.4, 0.5) is 5.95 Å². The molecule has 1 aromatic rings. The van der Waals surface area contributed by atoms with Gasteiger partial charge in [-0.05, 0) is 46.2 Å². The summed E-state index contributed by atoms with van der Waals surface area (Å²) in [5.74, 6) is 1.82. The summed E-state index contributed by atoms with van der Waals surface area (Å²) in [5, 5.41) is 3.30. The van der Waals surface area contributed by atoms with Crippen molar-refractivity contribution in [2.45, 2.75) is 32.7 Å². The molecule has 2 heterocycles. The summed E-state index contributed by atoms with van der Waals surface area (Å²) in [7, 11) is 3.79. The Bertz CT molecular complexity index is 416.